The van der Waals surface area contributed by atoms with E-state index in [1.165, 1.54) is 19.4 Å². The molecule has 0 N–H and O–H groups in total. The van der Waals surface area contributed by atoms with Gasteiger partial charge in [-0.15, -0.1) is 6.10 Å². The molecule has 0 radical (unpaired) electrons. The van der Waals surface area contributed by atoms with Crippen LogP contribution in [0.2, 0.25) is 0 Å². The number of rotatable bonds is 5. The van der Waals surface area contributed by atoms with Gasteiger partial charge in [-0.3, -0.25) is 0 Å². The first-order valence-corrected chi connectivity index (χ1v) is 5.40. The molecule has 0 atom stereocenters. The van der Waals surface area contributed by atoms with E-state index in [0.29, 0.717) is 5.41 Å². The van der Waals surface area contributed by atoms with Crippen molar-refractivity contribution in [2.24, 2.45) is 5.41 Å². The SMILES string of the molecule is CCCN(C)CCC1(C)CC([O-])C1.[K+]. The van der Waals surface area contributed by atoms with Crippen LogP contribution >= 0.6 is 0 Å². The van der Waals surface area contributed by atoms with Gasteiger partial charge in [0.15, 0.2) is 0 Å². The van der Waals surface area contributed by atoms with E-state index in [2.05, 4.69) is 25.8 Å². The fourth-order valence-corrected chi connectivity index (χ4v) is 2.20. The number of hydrogen-bond donors (Lipinski definition) is 0. The van der Waals surface area contributed by atoms with Crippen molar-refractivity contribution in [3.05, 3.63) is 0 Å². The number of nitrogens with zero attached hydrogens (tertiary/aromatic N) is 1. The van der Waals surface area contributed by atoms with E-state index < -0.39 is 0 Å². The molecule has 0 unspecified atom stereocenters. The fourth-order valence-electron chi connectivity index (χ4n) is 2.20. The Hall–Kier alpha value is 1.56. The van der Waals surface area contributed by atoms with Crippen molar-refractivity contribution in [3.8, 4) is 0 Å². The Morgan fingerprint density at radius 1 is 1.36 bits per heavy atom. The Morgan fingerprint density at radius 3 is 2.36 bits per heavy atom. The minimum Gasteiger partial charge on any atom is -0.852 e. The molecular formula is C11H22KNO. The third kappa shape index (κ3) is 5.06. The molecule has 0 heterocycles. The van der Waals surface area contributed by atoms with Crippen molar-refractivity contribution in [2.45, 2.75) is 45.6 Å². The molecule has 0 amide bonds. The molecule has 78 valence electrons. The summed E-state index contributed by atoms with van der Waals surface area (Å²) in [5.74, 6) is 0. The molecule has 1 aliphatic rings. The minimum atomic E-state index is -0.263. The summed E-state index contributed by atoms with van der Waals surface area (Å²) in [6.45, 7) is 6.78. The van der Waals surface area contributed by atoms with Crippen LogP contribution in [0, 0.1) is 5.41 Å². The standard InChI is InChI=1S/C11H22NO.K/c1-4-6-12(3)7-5-11(2)8-10(13)9-11;/h10H,4-9H2,1-3H3;/q-1;+1. The van der Waals surface area contributed by atoms with Crippen molar-refractivity contribution in [3.63, 3.8) is 0 Å². The van der Waals surface area contributed by atoms with Crippen LogP contribution in [-0.4, -0.2) is 31.1 Å². The average molecular weight is 223 g/mol. The zero-order valence-electron chi connectivity index (χ0n) is 10.2. The van der Waals surface area contributed by atoms with E-state index in [1.807, 2.05) is 0 Å². The van der Waals surface area contributed by atoms with Gasteiger partial charge in [0.05, 0.1) is 0 Å². The molecule has 0 bridgehead atoms. The summed E-state index contributed by atoms with van der Waals surface area (Å²) in [5.41, 5.74) is 0.369. The molecule has 0 aromatic heterocycles. The summed E-state index contributed by atoms with van der Waals surface area (Å²) in [6, 6.07) is 0. The molecule has 1 saturated carbocycles. The van der Waals surface area contributed by atoms with E-state index in [9.17, 15) is 5.11 Å². The Bertz CT molecular complexity index is 157. The van der Waals surface area contributed by atoms with Crippen LogP contribution in [0.5, 0.6) is 0 Å². The summed E-state index contributed by atoms with van der Waals surface area (Å²) in [5, 5.41) is 11.0. The van der Waals surface area contributed by atoms with E-state index in [-0.39, 0.29) is 57.5 Å². The van der Waals surface area contributed by atoms with Crippen molar-refractivity contribution in [1.29, 1.82) is 0 Å². The Kier molecular flexibility index (Phi) is 7.77. The van der Waals surface area contributed by atoms with Gasteiger partial charge in [0, 0.05) is 0 Å². The van der Waals surface area contributed by atoms with Gasteiger partial charge in [-0.05, 0) is 38.4 Å². The van der Waals surface area contributed by atoms with Crippen LogP contribution in [0.4, 0.5) is 0 Å². The molecular weight excluding hydrogens is 201 g/mol. The molecule has 1 fully saturated rings. The molecule has 0 spiro atoms. The van der Waals surface area contributed by atoms with Gasteiger partial charge in [-0.1, -0.05) is 26.7 Å². The van der Waals surface area contributed by atoms with Crippen molar-refractivity contribution >= 4 is 0 Å². The maximum Gasteiger partial charge on any atom is 1.00 e. The predicted octanol–water partition coefficient (Wildman–Crippen LogP) is -1.75. The minimum absolute atomic E-state index is 0. The third-order valence-corrected chi connectivity index (χ3v) is 3.14. The Morgan fingerprint density at radius 2 is 1.93 bits per heavy atom. The molecule has 0 aliphatic heterocycles. The Balaban J connectivity index is 0.00000169. The predicted molar refractivity (Wildman–Crippen MR) is 53.5 cm³/mol. The largest absolute Gasteiger partial charge is 1.00 e. The fraction of sp³-hybridized carbons (Fsp3) is 1.00. The second kappa shape index (κ2) is 6.99. The van der Waals surface area contributed by atoms with E-state index in [0.717, 1.165) is 19.4 Å². The van der Waals surface area contributed by atoms with Crippen LogP contribution in [0.3, 0.4) is 0 Å². The maximum atomic E-state index is 11.0. The Labute approximate surface area is 131 Å². The summed E-state index contributed by atoms with van der Waals surface area (Å²) in [7, 11) is 2.17. The van der Waals surface area contributed by atoms with Crippen molar-refractivity contribution in [2.75, 3.05) is 20.1 Å². The maximum absolute atomic E-state index is 11.0. The summed E-state index contributed by atoms with van der Waals surface area (Å²) < 4.78 is 0. The second-order valence-electron chi connectivity index (χ2n) is 4.89. The van der Waals surface area contributed by atoms with Crippen LogP contribution in [0.15, 0.2) is 0 Å². The molecule has 14 heavy (non-hydrogen) atoms. The smallest absolute Gasteiger partial charge is 0.852 e. The summed E-state index contributed by atoms with van der Waals surface area (Å²) in [4.78, 5) is 2.36. The van der Waals surface area contributed by atoms with Gasteiger partial charge in [-0.25, -0.2) is 0 Å². The molecule has 0 aromatic rings. The average Bonchev–Trinajstić information content (AvgIpc) is 1.99. The first-order chi connectivity index (χ1) is 6.06. The molecule has 1 aliphatic carbocycles. The van der Waals surface area contributed by atoms with Crippen LogP contribution in [-0.2, 0) is 0 Å². The molecule has 3 heteroatoms. The molecule has 1 rings (SSSR count). The zero-order chi connectivity index (χ0) is 9.90. The number of hydrogen-bond acceptors (Lipinski definition) is 2. The quantitative estimate of drug-likeness (QED) is 0.517. The summed E-state index contributed by atoms with van der Waals surface area (Å²) in [6.07, 6.45) is 3.95. The van der Waals surface area contributed by atoms with Crippen molar-refractivity contribution < 1.29 is 56.5 Å². The van der Waals surface area contributed by atoms with Crippen LogP contribution in [0.1, 0.15) is 39.5 Å². The van der Waals surface area contributed by atoms with Crippen LogP contribution < -0.4 is 56.5 Å². The zero-order valence-corrected chi connectivity index (χ0v) is 13.3. The second-order valence-corrected chi connectivity index (χ2v) is 4.89. The van der Waals surface area contributed by atoms with E-state index >= 15 is 0 Å². The van der Waals surface area contributed by atoms with Crippen LogP contribution in [0.25, 0.3) is 0 Å². The summed E-state index contributed by atoms with van der Waals surface area (Å²) >= 11 is 0. The molecule has 0 aromatic carbocycles. The van der Waals surface area contributed by atoms with Crippen molar-refractivity contribution in [1.82, 2.24) is 4.90 Å². The molecule has 2 nitrogen and oxygen atoms in total. The van der Waals surface area contributed by atoms with E-state index in [1.54, 1.807) is 0 Å². The van der Waals surface area contributed by atoms with Gasteiger partial charge in [0.25, 0.3) is 0 Å². The topological polar surface area (TPSA) is 26.3 Å². The van der Waals surface area contributed by atoms with Gasteiger partial charge >= 0.3 is 51.4 Å². The van der Waals surface area contributed by atoms with Gasteiger partial charge in [-0.2, -0.15) is 0 Å². The third-order valence-electron chi connectivity index (χ3n) is 3.14. The van der Waals surface area contributed by atoms with Gasteiger partial charge in [0.1, 0.15) is 0 Å². The van der Waals surface area contributed by atoms with E-state index in [4.69, 9.17) is 0 Å². The van der Waals surface area contributed by atoms with Gasteiger partial charge < -0.3 is 10.0 Å². The normalized spacial score (nSPS) is 31.1. The van der Waals surface area contributed by atoms with Gasteiger partial charge in [0.2, 0.25) is 0 Å². The first-order valence-electron chi connectivity index (χ1n) is 5.40. The monoisotopic (exact) mass is 223 g/mol. The first kappa shape index (κ1) is 15.6. The molecule has 0 saturated heterocycles.